The highest BCUT2D eigenvalue weighted by Gasteiger charge is 2.22. The van der Waals surface area contributed by atoms with E-state index in [0.29, 0.717) is 43.3 Å². The Morgan fingerprint density at radius 3 is 2.28 bits per heavy atom. The maximum absolute atomic E-state index is 14.1. The number of piperazine rings is 1. The SMILES string of the molecule is CCOc1ccc(C(=O)NC(=Nc2cc(C)cc(C)c2)N2CCN(Cc3ccccc3F)CC2)cc1. The maximum Gasteiger partial charge on any atom is 0.257 e. The van der Waals surface area contributed by atoms with Gasteiger partial charge < -0.3 is 9.64 Å². The molecule has 1 heterocycles. The van der Waals surface area contributed by atoms with Gasteiger partial charge in [-0.15, -0.1) is 0 Å². The standard InChI is InChI=1S/C29H33FN4O2/c1-4-36-26-11-9-23(10-12-26)28(35)32-29(31-25-18-21(2)17-22(3)19-25)34-15-13-33(14-16-34)20-24-7-5-6-8-27(24)30/h5-12,17-19H,4,13-16,20H2,1-3H3,(H,31,32,35). The Hall–Kier alpha value is -3.71. The van der Waals surface area contributed by atoms with Gasteiger partial charge in [0.1, 0.15) is 11.6 Å². The van der Waals surface area contributed by atoms with Crippen LogP contribution in [0.5, 0.6) is 5.75 Å². The number of nitrogens with zero attached hydrogens (tertiary/aromatic N) is 3. The van der Waals surface area contributed by atoms with Gasteiger partial charge in [-0.05, 0) is 74.4 Å². The quantitative estimate of drug-likeness (QED) is 0.389. The molecule has 0 spiro atoms. The highest BCUT2D eigenvalue weighted by Crippen LogP contribution is 2.19. The minimum Gasteiger partial charge on any atom is -0.494 e. The number of guanidine groups is 1. The third kappa shape index (κ3) is 6.70. The van der Waals surface area contributed by atoms with Crippen molar-refractivity contribution in [2.75, 3.05) is 32.8 Å². The molecule has 0 radical (unpaired) electrons. The average molecular weight is 489 g/mol. The molecule has 1 aliphatic rings. The number of carbonyl (C=O) groups is 1. The number of rotatable bonds is 6. The summed E-state index contributed by atoms with van der Waals surface area (Å²) in [6.07, 6.45) is 0. The second-order valence-corrected chi connectivity index (χ2v) is 9.05. The minimum absolute atomic E-state index is 0.181. The molecule has 1 fully saturated rings. The van der Waals surface area contributed by atoms with Crippen LogP contribution in [0.15, 0.2) is 71.7 Å². The molecule has 1 amide bonds. The molecule has 1 N–H and O–H groups in total. The first kappa shape index (κ1) is 25.4. The number of halogens is 1. The van der Waals surface area contributed by atoms with Crippen molar-refractivity contribution >= 4 is 17.6 Å². The van der Waals surface area contributed by atoms with Crippen LogP contribution in [0.25, 0.3) is 0 Å². The molecule has 1 saturated heterocycles. The zero-order valence-corrected chi connectivity index (χ0v) is 21.1. The van der Waals surface area contributed by atoms with E-state index in [1.807, 2.05) is 45.0 Å². The van der Waals surface area contributed by atoms with Crippen molar-refractivity contribution in [1.82, 2.24) is 15.1 Å². The summed E-state index contributed by atoms with van der Waals surface area (Å²) in [6, 6.07) is 20.1. The molecule has 3 aromatic rings. The van der Waals surface area contributed by atoms with E-state index in [-0.39, 0.29) is 11.7 Å². The van der Waals surface area contributed by atoms with Gasteiger partial charge in [0.2, 0.25) is 5.96 Å². The number of aryl methyl sites for hydroxylation is 2. The molecular weight excluding hydrogens is 455 g/mol. The van der Waals surface area contributed by atoms with Gasteiger partial charge in [-0.25, -0.2) is 9.38 Å². The van der Waals surface area contributed by atoms with Crippen LogP contribution in [-0.4, -0.2) is 54.5 Å². The molecule has 1 aliphatic heterocycles. The van der Waals surface area contributed by atoms with Gasteiger partial charge in [-0.1, -0.05) is 24.3 Å². The Labute approximate surface area is 212 Å². The van der Waals surface area contributed by atoms with Gasteiger partial charge in [-0.2, -0.15) is 0 Å². The summed E-state index contributed by atoms with van der Waals surface area (Å²) in [4.78, 5) is 22.3. The van der Waals surface area contributed by atoms with E-state index >= 15 is 0 Å². The topological polar surface area (TPSA) is 57.2 Å². The second kappa shape index (κ2) is 11.8. The van der Waals surface area contributed by atoms with E-state index in [1.54, 1.807) is 30.3 Å². The van der Waals surface area contributed by atoms with Crippen LogP contribution in [0.3, 0.4) is 0 Å². The number of ether oxygens (including phenoxy) is 1. The lowest BCUT2D eigenvalue weighted by Gasteiger charge is -2.36. The lowest BCUT2D eigenvalue weighted by molar-refractivity contribution is 0.0967. The van der Waals surface area contributed by atoms with Crippen LogP contribution in [0.2, 0.25) is 0 Å². The number of hydrogen-bond donors (Lipinski definition) is 1. The van der Waals surface area contributed by atoms with Gasteiger partial charge in [0.15, 0.2) is 0 Å². The first-order valence-corrected chi connectivity index (χ1v) is 12.3. The fourth-order valence-electron chi connectivity index (χ4n) is 4.34. The van der Waals surface area contributed by atoms with Crippen LogP contribution in [0.4, 0.5) is 10.1 Å². The summed E-state index contributed by atoms with van der Waals surface area (Å²) >= 11 is 0. The van der Waals surface area contributed by atoms with Gasteiger partial charge in [0, 0.05) is 43.9 Å². The van der Waals surface area contributed by atoms with Crippen LogP contribution < -0.4 is 10.1 Å². The molecule has 0 aromatic heterocycles. The zero-order chi connectivity index (χ0) is 25.5. The van der Waals surface area contributed by atoms with E-state index in [0.717, 1.165) is 35.7 Å². The predicted octanol–water partition coefficient (Wildman–Crippen LogP) is 5.08. The summed E-state index contributed by atoms with van der Waals surface area (Å²) in [5.41, 5.74) is 4.24. The molecule has 7 heteroatoms. The van der Waals surface area contributed by atoms with E-state index in [4.69, 9.17) is 9.73 Å². The smallest absolute Gasteiger partial charge is 0.257 e. The first-order chi connectivity index (χ1) is 17.4. The Balaban J connectivity index is 1.51. The number of amides is 1. The number of aliphatic imine (C=N–C) groups is 1. The Bertz CT molecular complexity index is 1200. The third-order valence-electron chi connectivity index (χ3n) is 6.12. The number of hydrogen-bond acceptors (Lipinski definition) is 4. The van der Waals surface area contributed by atoms with Crippen molar-refractivity contribution in [3.63, 3.8) is 0 Å². The largest absolute Gasteiger partial charge is 0.494 e. The molecule has 6 nitrogen and oxygen atoms in total. The summed E-state index contributed by atoms with van der Waals surface area (Å²) < 4.78 is 19.6. The van der Waals surface area contributed by atoms with Crippen molar-refractivity contribution in [2.45, 2.75) is 27.3 Å². The average Bonchev–Trinajstić information content (AvgIpc) is 2.85. The van der Waals surface area contributed by atoms with Crippen molar-refractivity contribution < 1.29 is 13.9 Å². The molecular formula is C29H33FN4O2. The van der Waals surface area contributed by atoms with Gasteiger partial charge in [-0.3, -0.25) is 15.0 Å². The zero-order valence-electron chi connectivity index (χ0n) is 21.1. The van der Waals surface area contributed by atoms with Crippen LogP contribution >= 0.6 is 0 Å². The highest BCUT2D eigenvalue weighted by atomic mass is 19.1. The number of carbonyl (C=O) groups excluding carboxylic acids is 1. The fourth-order valence-corrected chi connectivity index (χ4v) is 4.34. The molecule has 4 rings (SSSR count). The van der Waals surface area contributed by atoms with Crippen molar-refractivity contribution in [3.8, 4) is 5.75 Å². The lowest BCUT2D eigenvalue weighted by Crippen LogP contribution is -2.53. The van der Waals surface area contributed by atoms with Gasteiger partial charge in [0.25, 0.3) is 5.91 Å². The number of nitrogens with one attached hydrogen (secondary N) is 1. The van der Waals surface area contributed by atoms with Crippen LogP contribution in [-0.2, 0) is 6.54 Å². The first-order valence-electron chi connectivity index (χ1n) is 12.3. The molecule has 0 atom stereocenters. The molecule has 0 aliphatic carbocycles. The highest BCUT2D eigenvalue weighted by molar-refractivity contribution is 6.06. The molecule has 188 valence electrons. The van der Waals surface area contributed by atoms with Crippen molar-refractivity contribution in [2.24, 2.45) is 4.99 Å². The van der Waals surface area contributed by atoms with Gasteiger partial charge >= 0.3 is 0 Å². The van der Waals surface area contributed by atoms with Crippen LogP contribution in [0, 0.1) is 19.7 Å². The van der Waals surface area contributed by atoms with Gasteiger partial charge in [0.05, 0.1) is 12.3 Å². The molecule has 3 aromatic carbocycles. The Morgan fingerprint density at radius 2 is 1.64 bits per heavy atom. The lowest BCUT2D eigenvalue weighted by atomic mass is 10.1. The van der Waals surface area contributed by atoms with Crippen molar-refractivity contribution in [1.29, 1.82) is 0 Å². The monoisotopic (exact) mass is 488 g/mol. The van der Waals surface area contributed by atoms with E-state index in [2.05, 4.69) is 21.2 Å². The fraction of sp³-hybridized carbons (Fsp3) is 0.310. The van der Waals surface area contributed by atoms with E-state index < -0.39 is 0 Å². The van der Waals surface area contributed by atoms with E-state index in [1.165, 1.54) is 6.07 Å². The summed E-state index contributed by atoms with van der Waals surface area (Å²) in [5, 5.41) is 3.03. The molecule has 0 saturated carbocycles. The third-order valence-corrected chi connectivity index (χ3v) is 6.12. The Morgan fingerprint density at radius 1 is 0.972 bits per heavy atom. The Kier molecular flexibility index (Phi) is 8.33. The van der Waals surface area contributed by atoms with Crippen molar-refractivity contribution in [3.05, 3.63) is 94.8 Å². The van der Waals surface area contributed by atoms with E-state index in [9.17, 15) is 9.18 Å². The molecule has 0 bridgehead atoms. The summed E-state index contributed by atoms with van der Waals surface area (Å²) in [6.45, 7) is 9.93. The minimum atomic E-state index is -0.227. The maximum atomic E-state index is 14.1. The normalized spacial score (nSPS) is 14.6. The summed E-state index contributed by atoms with van der Waals surface area (Å²) in [7, 11) is 0. The van der Waals surface area contributed by atoms with Crippen LogP contribution in [0.1, 0.15) is 34.0 Å². The second-order valence-electron chi connectivity index (χ2n) is 9.05. The number of benzene rings is 3. The predicted molar refractivity (Wildman–Crippen MR) is 141 cm³/mol. The summed E-state index contributed by atoms with van der Waals surface area (Å²) in [5.74, 6) is 0.836. The molecule has 36 heavy (non-hydrogen) atoms. The molecule has 0 unspecified atom stereocenters.